The van der Waals surface area contributed by atoms with Gasteiger partial charge in [-0.25, -0.2) is 8.91 Å². The fourth-order valence-corrected chi connectivity index (χ4v) is 4.22. The van der Waals surface area contributed by atoms with Crippen molar-refractivity contribution in [1.82, 2.24) is 19.5 Å². The normalized spacial score (nSPS) is 16.4. The third-order valence-electron chi connectivity index (χ3n) is 5.77. The Morgan fingerprint density at radius 3 is 2.80 bits per heavy atom. The number of nitriles is 1. The van der Waals surface area contributed by atoms with Crippen LogP contribution >= 0.6 is 11.6 Å². The molecule has 3 aromatic rings. The summed E-state index contributed by atoms with van der Waals surface area (Å²) in [6, 6.07) is 4.43. The number of ether oxygens (including phenoxy) is 1. The zero-order chi connectivity index (χ0) is 24.9. The smallest absolute Gasteiger partial charge is 0.179 e. The molecular weight excluding hydrogens is 475 g/mol. The first-order valence-electron chi connectivity index (χ1n) is 11.0. The van der Waals surface area contributed by atoms with Gasteiger partial charge in [0.25, 0.3) is 0 Å². The van der Waals surface area contributed by atoms with E-state index in [0.29, 0.717) is 52.1 Å². The van der Waals surface area contributed by atoms with Crippen molar-refractivity contribution in [3.8, 4) is 11.9 Å². The predicted octanol–water partition coefficient (Wildman–Crippen LogP) is 2.70. The number of likely N-dealkylation sites (tertiary alicyclic amines) is 1. The fourth-order valence-electron chi connectivity index (χ4n) is 4.00. The second kappa shape index (κ2) is 10.7. The summed E-state index contributed by atoms with van der Waals surface area (Å²) in [6.45, 7) is 2.73. The maximum Gasteiger partial charge on any atom is 0.179 e. The molecule has 0 saturated carbocycles. The summed E-state index contributed by atoms with van der Waals surface area (Å²) in [5, 5.41) is 27.6. The van der Waals surface area contributed by atoms with Crippen LogP contribution in [0.25, 0.3) is 5.52 Å². The predicted molar refractivity (Wildman–Crippen MR) is 129 cm³/mol. The van der Waals surface area contributed by atoms with E-state index in [9.17, 15) is 9.50 Å². The summed E-state index contributed by atoms with van der Waals surface area (Å²) in [4.78, 5) is 10.5. The Morgan fingerprint density at radius 1 is 1.40 bits per heavy atom. The Hall–Kier alpha value is -3.75. The van der Waals surface area contributed by atoms with Gasteiger partial charge in [-0.2, -0.15) is 15.5 Å². The molecule has 0 amide bonds. The lowest BCUT2D eigenvalue weighted by molar-refractivity contribution is 0.114. The first kappa shape index (κ1) is 24.4. The lowest BCUT2D eigenvalue weighted by Crippen LogP contribution is -2.32. The first-order chi connectivity index (χ1) is 16.9. The maximum absolute atomic E-state index is 13.3. The lowest BCUT2D eigenvalue weighted by Gasteiger charge is -2.26. The average Bonchev–Trinajstić information content (AvgIpc) is 3.24. The van der Waals surface area contributed by atoms with Crippen LogP contribution in [0, 0.1) is 17.3 Å². The number of rotatable bonds is 7. The van der Waals surface area contributed by atoms with E-state index in [1.807, 2.05) is 6.92 Å². The molecule has 1 saturated heterocycles. The molecule has 3 N–H and O–H groups in total. The van der Waals surface area contributed by atoms with Gasteiger partial charge in [0.05, 0.1) is 41.5 Å². The van der Waals surface area contributed by atoms with Crippen molar-refractivity contribution >= 4 is 28.5 Å². The van der Waals surface area contributed by atoms with E-state index in [4.69, 9.17) is 32.4 Å². The summed E-state index contributed by atoms with van der Waals surface area (Å²) in [5.74, 6) is 5.58. The Labute approximate surface area is 206 Å². The molecule has 1 fully saturated rings. The van der Waals surface area contributed by atoms with Crippen LogP contribution in [0.5, 0.6) is 5.75 Å². The molecule has 0 bridgehead atoms. The highest BCUT2D eigenvalue weighted by Gasteiger charge is 2.22. The zero-order valence-electron chi connectivity index (χ0n) is 19.0. The van der Waals surface area contributed by atoms with Crippen molar-refractivity contribution in [2.45, 2.75) is 31.9 Å². The van der Waals surface area contributed by atoms with E-state index in [-0.39, 0.29) is 6.04 Å². The summed E-state index contributed by atoms with van der Waals surface area (Å²) in [7, 11) is 0. The second-order valence-electron chi connectivity index (χ2n) is 8.08. The molecule has 3 aromatic heterocycles. The molecule has 0 spiro atoms. The van der Waals surface area contributed by atoms with Crippen LogP contribution < -0.4 is 10.6 Å². The minimum absolute atomic E-state index is 0.0540. The number of aliphatic hydroxyl groups is 1. The summed E-state index contributed by atoms with van der Waals surface area (Å²) < 4.78 is 20.9. The number of fused-ring (bicyclic) bond motifs is 1. The zero-order valence-corrected chi connectivity index (χ0v) is 19.7. The second-order valence-corrected chi connectivity index (χ2v) is 8.49. The topological polar surface area (TPSA) is 137 Å². The van der Waals surface area contributed by atoms with E-state index < -0.39 is 18.5 Å². The number of pyridine rings is 2. The average molecular weight is 499 g/mol. The van der Waals surface area contributed by atoms with Crippen LogP contribution in [-0.4, -0.2) is 61.8 Å². The number of nitrogens with two attached hydrogens (primary N) is 1. The van der Waals surface area contributed by atoms with Gasteiger partial charge in [0, 0.05) is 24.8 Å². The Bertz CT molecular complexity index is 1290. The van der Waals surface area contributed by atoms with Gasteiger partial charge in [-0.1, -0.05) is 11.6 Å². The largest absolute Gasteiger partial charge is 0.479 e. The number of hydrazone groups is 1. The molecule has 12 heteroatoms. The number of nitrogens with zero attached hydrogens (tertiary/aromatic N) is 7. The Balaban J connectivity index is 1.67. The van der Waals surface area contributed by atoms with Crippen molar-refractivity contribution in [3.05, 3.63) is 58.9 Å². The van der Waals surface area contributed by atoms with Gasteiger partial charge in [-0.3, -0.25) is 9.98 Å². The summed E-state index contributed by atoms with van der Waals surface area (Å²) in [5.41, 5.74) is 2.47. The fraction of sp³-hybridized carbons (Fsp3) is 0.348. The molecule has 4 rings (SSSR count). The van der Waals surface area contributed by atoms with Crippen molar-refractivity contribution in [3.63, 3.8) is 0 Å². The van der Waals surface area contributed by atoms with Gasteiger partial charge in [0.1, 0.15) is 22.8 Å². The van der Waals surface area contributed by atoms with Gasteiger partial charge in [0.15, 0.2) is 12.3 Å². The molecule has 0 unspecified atom stereocenters. The van der Waals surface area contributed by atoms with Crippen molar-refractivity contribution in [2.75, 3.05) is 19.7 Å². The van der Waals surface area contributed by atoms with Gasteiger partial charge < -0.3 is 20.6 Å². The number of piperidine rings is 1. The molecule has 0 radical (unpaired) electrons. The number of aliphatic hydroxyl groups excluding tert-OH is 1. The maximum atomic E-state index is 13.3. The van der Waals surface area contributed by atoms with Gasteiger partial charge in [-0.15, -0.1) is 0 Å². The van der Waals surface area contributed by atoms with Crippen LogP contribution in [0.3, 0.4) is 0 Å². The minimum Gasteiger partial charge on any atom is -0.479 e. The van der Waals surface area contributed by atoms with E-state index in [2.05, 4.69) is 21.4 Å². The van der Waals surface area contributed by atoms with Crippen LogP contribution in [0.4, 0.5) is 4.39 Å². The molecule has 1 aliphatic heterocycles. The molecule has 4 heterocycles. The molecule has 0 aromatic carbocycles. The highest BCUT2D eigenvalue weighted by atomic mass is 35.5. The number of halogens is 2. The van der Waals surface area contributed by atoms with Gasteiger partial charge >= 0.3 is 0 Å². The Morgan fingerprint density at radius 2 is 2.17 bits per heavy atom. The van der Waals surface area contributed by atoms with Crippen molar-refractivity contribution < 1.29 is 14.2 Å². The van der Waals surface area contributed by atoms with Crippen LogP contribution in [-0.2, 0) is 0 Å². The van der Waals surface area contributed by atoms with E-state index in [1.54, 1.807) is 17.2 Å². The standard InChI is InChI=1S/C23H24ClFN8O2/c1-14(30-17-4-6-32(13-26)7-5-17)22(31-27)15-8-20(23-18(24)10-29-33(23)11-15)35-21(12-34)19-3-2-16(25)9-28-19/h2-3,8-11,17,21,34H,4-7,12,27H2,1H3/b30-14?,31-22+/t21-/m1/s1. The van der Waals surface area contributed by atoms with E-state index in [1.165, 1.54) is 22.8 Å². The molecule has 1 aliphatic rings. The third-order valence-corrected chi connectivity index (χ3v) is 6.05. The summed E-state index contributed by atoms with van der Waals surface area (Å²) >= 11 is 6.36. The quantitative estimate of drug-likeness (QED) is 0.221. The number of aliphatic imine (C=N–C) groups is 1. The molecule has 35 heavy (non-hydrogen) atoms. The highest BCUT2D eigenvalue weighted by molar-refractivity contribution is 6.47. The van der Waals surface area contributed by atoms with Gasteiger partial charge in [-0.05, 0) is 38.0 Å². The minimum atomic E-state index is -0.876. The van der Waals surface area contributed by atoms with Crippen molar-refractivity contribution in [2.24, 2.45) is 15.9 Å². The Kier molecular flexibility index (Phi) is 7.43. The summed E-state index contributed by atoms with van der Waals surface area (Å²) in [6.07, 6.45) is 7.04. The lowest BCUT2D eigenvalue weighted by atomic mass is 10.0. The number of hydrogen-bond acceptors (Lipinski definition) is 9. The molecule has 10 nitrogen and oxygen atoms in total. The molecule has 0 aliphatic carbocycles. The SMILES string of the molecule is CC(=NC1CCN(C#N)CC1)/C(=N\N)c1cc(O[C@H](CO)c2ccc(F)cn2)c2c(Cl)cnn2c1. The van der Waals surface area contributed by atoms with Gasteiger partial charge in [0.2, 0.25) is 0 Å². The van der Waals surface area contributed by atoms with Crippen LogP contribution in [0.1, 0.15) is 37.1 Å². The highest BCUT2D eigenvalue weighted by Crippen LogP contribution is 2.32. The monoisotopic (exact) mass is 498 g/mol. The number of aromatic nitrogens is 3. The third kappa shape index (κ3) is 5.34. The van der Waals surface area contributed by atoms with E-state index >= 15 is 0 Å². The van der Waals surface area contributed by atoms with Crippen LogP contribution in [0.15, 0.2) is 46.9 Å². The first-order valence-corrected chi connectivity index (χ1v) is 11.3. The van der Waals surface area contributed by atoms with E-state index in [0.717, 1.165) is 19.0 Å². The molecular formula is C23H24ClFN8O2. The molecule has 1 atom stereocenters. The van der Waals surface area contributed by atoms with Crippen molar-refractivity contribution in [1.29, 1.82) is 5.26 Å². The molecule has 182 valence electrons. The van der Waals surface area contributed by atoms with Crippen LogP contribution in [0.2, 0.25) is 5.02 Å². The number of hydrogen-bond donors (Lipinski definition) is 2.